The van der Waals surface area contributed by atoms with E-state index in [0.29, 0.717) is 0 Å². The zero-order chi connectivity index (χ0) is 17.5. The molecule has 0 spiro atoms. The third-order valence-corrected chi connectivity index (χ3v) is 4.67. The molecule has 1 atom stereocenters. The molecule has 1 heterocycles. The molecule has 3 rings (SSSR count). The number of amidine groups is 1. The standard InChI is InChI=1S/C23H26N2/c1-3-25(4-2)23-22(17-19-11-7-5-8-12-19)18-21(15-16-24-23)20-13-9-6-10-14-20/h5-16,18,22H,3-4,17H2,1-2H3/t22-/m0/s1. The third-order valence-electron chi connectivity index (χ3n) is 4.67. The number of rotatable bonds is 5. The summed E-state index contributed by atoms with van der Waals surface area (Å²) in [4.78, 5) is 7.19. The summed E-state index contributed by atoms with van der Waals surface area (Å²) in [6.07, 6.45) is 7.43. The fraction of sp³-hybridized carbons (Fsp3) is 0.261. The molecule has 2 heteroatoms. The summed E-state index contributed by atoms with van der Waals surface area (Å²) >= 11 is 0. The fourth-order valence-corrected chi connectivity index (χ4v) is 3.34. The Bertz CT molecular complexity index is 753. The second-order valence-corrected chi connectivity index (χ2v) is 6.26. The predicted octanol–water partition coefficient (Wildman–Crippen LogP) is 5.20. The van der Waals surface area contributed by atoms with Gasteiger partial charge in [-0.3, -0.25) is 0 Å². The van der Waals surface area contributed by atoms with Crippen LogP contribution >= 0.6 is 0 Å². The van der Waals surface area contributed by atoms with E-state index in [1.807, 2.05) is 6.20 Å². The van der Waals surface area contributed by atoms with Gasteiger partial charge in [0.25, 0.3) is 0 Å². The van der Waals surface area contributed by atoms with Crippen LogP contribution in [0.15, 0.2) is 84.0 Å². The second kappa shape index (κ2) is 8.48. The van der Waals surface area contributed by atoms with E-state index in [9.17, 15) is 0 Å². The summed E-state index contributed by atoms with van der Waals surface area (Å²) in [5, 5.41) is 0. The average Bonchev–Trinajstić information content (AvgIpc) is 2.87. The van der Waals surface area contributed by atoms with Crippen molar-refractivity contribution in [2.45, 2.75) is 20.3 Å². The highest BCUT2D eigenvalue weighted by Gasteiger charge is 2.21. The molecular weight excluding hydrogens is 304 g/mol. The van der Waals surface area contributed by atoms with Crippen molar-refractivity contribution >= 4 is 11.4 Å². The number of aliphatic imine (C=N–C) groups is 1. The normalized spacial score (nSPS) is 16.8. The average molecular weight is 330 g/mol. The van der Waals surface area contributed by atoms with E-state index in [4.69, 9.17) is 4.99 Å². The fourth-order valence-electron chi connectivity index (χ4n) is 3.34. The lowest BCUT2D eigenvalue weighted by Crippen LogP contribution is -2.36. The SMILES string of the molecule is CCN(CC)C1=NC=CC(c2ccccc2)=C[C@@H]1Cc1ccccc1. The first-order valence-corrected chi connectivity index (χ1v) is 9.12. The minimum absolute atomic E-state index is 0.271. The Balaban J connectivity index is 1.98. The van der Waals surface area contributed by atoms with Crippen LogP contribution < -0.4 is 0 Å². The van der Waals surface area contributed by atoms with E-state index in [1.165, 1.54) is 16.7 Å². The number of hydrogen-bond acceptors (Lipinski definition) is 2. The molecule has 1 aliphatic heterocycles. The molecule has 0 fully saturated rings. The van der Waals surface area contributed by atoms with E-state index in [0.717, 1.165) is 25.3 Å². The van der Waals surface area contributed by atoms with Crippen LogP contribution in [0.5, 0.6) is 0 Å². The Morgan fingerprint density at radius 2 is 1.52 bits per heavy atom. The second-order valence-electron chi connectivity index (χ2n) is 6.26. The molecule has 2 aromatic carbocycles. The number of hydrogen-bond donors (Lipinski definition) is 0. The van der Waals surface area contributed by atoms with Gasteiger partial charge in [0.05, 0.1) is 0 Å². The smallest absolute Gasteiger partial charge is 0.111 e. The van der Waals surface area contributed by atoms with E-state index in [-0.39, 0.29) is 5.92 Å². The summed E-state index contributed by atoms with van der Waals surface area (Å²) in [5.41, 5.74) is 3.83. The van der Waals surface area contributed by atoms with Gasteiger partial charge in [-0.25, -0.2) is 4.99 Å². The maximum Gasteiger partial charge on any atom is 0.111 e. The molecule has 25 heavy (non-hydrogen) atoms. The van der Waals surface area contributed by atoms with Gasteiger partial charge in [-0.05, 0) is 43.0 Å². The van der Waals surface area contributed by atoms with Crippen LogP contribution in [0.2, 0.25) is 0 Å². The Morgan fingerprint density at radius 1 is 0.880 bits per heavy atom. The molecule has 0 saturated heterocycles. The third kappa shape index (κ3) is 4.27. The highest BCUT2D eigenvalue weighted by molar-refractivity contribution is 5.91. The number of benzene rings is 2. The molecule has 0 N–H and O–H groups in total. The number of nitrogens with zero attached hydrogens (tertiary/aromatic N) is 2. The molecule has 2 aromatic rings. The topological polar surface area (TPSA) is 15.6 Å². The van der Waals surface area contributed by atoms with Crippen molar-refractivity contribution in [2.75, 3.05) is 13.1 Å². The van der Waals surface area contributed by atoms with Crippen molar-refractivity contribution in [1.82, 2.24) is 4.90 Å². The maximum absolute atomic E-state index is 4.83. The summed E-state index contributed by atoms with van der Waals surface area (Å²) in [5.74, 6) is 1.43. The van der Waals surface area contributed by atoms with Crippen molar-refractivity contribution < 1.29 is 0 Å². The quantitative estimate of drug-likeness (QED) is 0.736. The zero-order valence-corrected chi connectivity index (χ0v) is 15.1. The molecular formula is C23H26N2. The summed E-state index contributed by atoms with van der Waals surface area (Å²) < 4.78 is 0. The molecule has 1 aliphatic rings. The predicted molar refractivity (Wildman–Crippen MR) is 108 cm³/mol. The minimum Gasteiger partial charge on any atom is -0.360 e. The molecule has 0 aliphatic carbocycles. The first kappa shape index (κ1) is 17.2. The van der Waals surface area contributed by atoms with Crippen LogP contribution in [0.1, 0.15) is 25.0 Å². The van der Waals surface area contributed by atoms with Crippen molar-refractivity contribution in [3.8, 4) is 0 Å². The monoisotopic (exact) mass is 330 g/mol. The van der Waals surface area contributed by atoms with Crippen LogP contribution in [-0.2, 0) is 6.42 Å². The van der Waals surface area contributed by atoms with Gasteiger partial charge in [0.1, 0.15) is 5.84 Å². The van der Waals surface area contributed by atoms with Gasteiger partial charge < -0.3 is 4.90 Å². The van der Waals surface area contributed by atoms with Gasteiger partial charge >= 0.3 is 0 Å². The summed E-state index contributed by atoms with van der Waals surface area (Å²) in [7, 11) is 0. The minimum atomic E-state index is 0.271. The van der Waals surface area contributed by atoms with E-state index >= 15 is 0 Å². The molecule has 0 amide bonds. The van der Waals surface area contributed by atoms with Crippen LogP contribution in [0.4, 0.5) is 0 Å². The Hall–Kier alpha value is -2.61. The maximum atomic E-state index is 4.83. The lowest BCUT2D eigenvalue weighted by Gasteiger charge is -2.27. The van der Waals surface area contributed by atoms with Crippen LogP contribution in [0, 0.1) is 5.92 Å². The molecule has 0 bridgehead atoms. The molecule has 0 saturated carbocycles. The first-order valence-electron chi connectivity index (χ1n) is 9.12. The van der Waals surface area contributed by atoms with Gasteiger partial charge in [0.15, 0.2) is 0 Å². The van der Waals surface area contributed by atoms with Crippen LogP contribution in [0.25, 0.3) is 5.57 Å². The lowest BCUT2D eigenvalue weighted by atomic mass is 9.93. The van der Waals surface area contributed by atoms with Crippen LogP contribution in [-0.4, -0.2) is 23.8 Å². The Morgan fingerprint density at radius 3 is 2.16 bits per heavy atom. The van der Waals surface area contributed by atoms with Gasteiger partial charge in [0.2, 0.25) is 0 Å². The summed E-state index contributed by atoms with van der Waals surface area (Å²) in [6.45, 7) is 6.34. The largest absolute Gasteiger partial charge is 0.360 e. The van der Waals surface area contributed by atoms with Crippen molar-refractivity contribution in [3.63, 3.8) is 0 Å². The molecule has 0 unspecified atom stereocenters. The van der Waals surface area contributed by atoms with Crippen molar-refractivity contribution in [3.05, 3.63) is 90.1 Å². The summed E-state index contributed by atoms with van der Waals surface area (Å²) in [6, 6.07) is 21.3. The molecule has 128 valence electrons. The van der Waals surface area contributed by atoms with Crippen molar-refractivity contribution in [1.29, 1.82) is 0 Å². The highest BCUT2D eigenvalue weighted by Crippen LogP contribution is 2.25. The Kier molecular flexibility index (Phi) is 5.84. The molecule has 2 nitrogen and oxygen atoms in total. The number of allylic oxidation sites excluding steroid dienone is 2. The highest BCUT2D eigenvalue weighted by atomic mass is 15.2. The lowest BCUT2D eigenvalue weighted by molar-refractivity contribution is 0.443. The van der Waals surface area contributed by atoms with Crippen molar-refractivity contribution in [2.24, 2.45) is 10.9 Å². The van der Waals surface area contributed by atoms with Crippen LogP contribution in [0.3, 0.4) is 0 Å². The zero-order valence-electron chi connectivity index (χ0n) is 15.1. The van der Waals surface area contributed by atoms with E-state index in [2.05, 4.69) is 91.6 Å². The van der Waals surface area contributed by atoms with Gasteiger partial charge in [-0.1, -0.05) is 66.7 Å². The molecule has 0 radical (unpaired) electrons. The Labute approximate surface area is 151 Å². The van der Waals surface area contributed by atoms with Gasteiger partial charge in [0, 0.05) is 25.2 Å². The van der Waals surface area contributed by atoms with Gasteiger partial charge in [-0.2, -0.15) is 0 Å². The molecule has 0 aromatic heterocycles. The first-order chi connectivity index (χ1) is 12.3. The van der Waals surface area contributed by atoms with E-state index < -0.39 is 0 Å². The van der Waals surface area contributed by atoms with E-state index in [1.54, 1.807) is 0 Å². The van der Waals surface area contributed by atoms with Gasteiger partial charge in [-0.15, -0.1) is 0 Å².